The molecule has 21 heavy (non-hydrogen) atoms. The SMILES string of the molecule is CCOc1cccc2c1ccn2CCc1ccccc1N. The molecule has 1 aromatic heterocycles. The van der Waals surface area contributed by atoms with Crippen LogP contribution >= 0.6 is 0 Å². The summed E-state index contributed by atoms with van der Waals surface area (Å²) in [6.07, 6.45) is 3.04. The summed E-state index contributed by atoms with van der Waals surface area (Å²) in [6.45, 7) is 3.60. The van der Waals surface area contributed by atoms with E-state index in [0.717, 1.165) is 24.4 Å². The first kappa shape index (κ1) is 13.6. The minimum absolute atomic E-state index is 0.685. The molecule has 3 rings (SSSR count). The fraction of sp³-hybridized carbons (Fsp3) is 0.222. The number of rotatable bonds is 5. The molecular weight excluding hydrogens is 260 g/mol. The minimum atomic E-state index is 0.685. The van der Waals surface area contributed by atoms with Crippen LogP contribution in [0.5, 0.6) is 5.75 Å². The van der Waals surface area contributed by atoms with Crippen LogP contribution in [-0.2, 0) is 13.0 Å². The predicted octanol–water partition coefficient (Wildman–Crippen LogP) is 3.86. The number of ether oxygens (including phenoxy) is 1. The Morgan fingerprint density at radius 3 is 2.71 bits per heavy atom. The van der Waals surface area contributed by atoms with Crippen LogP contribution in [0.25, 0.3) is 10.9 Å². The van der Waals surface area contributed by atoms with Crippen molar-refractivity contribution in [2.45, 2.75) is 19.9 Å². The lowest BCUT2D eigenvalue weighted by molar-refractivity contribution is 0.344. The molecule has 3 nitrogen and oxygen atoms in total. The molecule has 108 valence electrons. The van der Waals surface area contributed by atoms with Crippen LogP contribution in [0, 0.1) is 0 Å². The highest BCUT2D eigenvalue weighted by Gasteiger charge is 2.06. The van der Waals surface area contributed by atoms with E-state index in [9.17, 15) is 0 Å². The van der Waals surface area contributed by atoms with Crippen molar-refractivity contribution in [3.63, 3.8) is 0 Å². The molecule has 0 spiro atoms. The average Bonchev–Trinajstić information content (AvgIpc) is 2.91. The molecule has 0 fully saturated rings. The van der Waals surface area contributed by atoms with Gasteiger partial charge in [-0.05, 0) is 43.2 Å². The highest BCUT2D eigenvalue weighted by molar-refractivity contribution is 5.86. The van der Waals surface area contributed by atoms with Crippen LogP contribution in [0.15, 0.2) is 54.7 Å². The van der Waals surface area contributed by atoms with E-state index in [1.54, 1.807) is 0 Å². The summed E-state index contributed by atoms with van der Waals surface area (Å²) in [5.74, 6) is 0.952. The van der Waals surface area contributed by atoms with E-state index in [1.165, 1.54) is 16.5 Å². The predicted molar refractivity (Wildman–Crippen MR) is 87.7 cm³/mol. The fourth-order valence-electron chi connectivity index (χ4n) is 2.67. The second kappa shape index (κ2) is 5.92. The summed E-state index contributed by atoms with van der Waals surface area (Å²) in [7, 11) is 0. The number of nitrogens with zero attached hydrogens (tertiary/aromatic N) is 1. The molecule has 0 atom stereocenters. The van der Waals surface area contributed by atoms with Crippen molar-refractivity contribution in [3.05, 3.63) is 60.3 Å². The number of hydrogen-bond donors (Lipinski definition) is 1. The fourth-order valence-corrected chi connectivity index (χ4v) is 2.67. The van der Waals surface area contributed by atoms with E-state index in [2.05, 4.69) is 29.0 Å². The zero-order valence-corrected chi connectivity index (χ0v) is 12.3. The second-order valence-electron chi connectivity index (χ2n) is 5.08. The third-order valence-corrected chi connectivity index (χ3v) is 3.75. The minimum Gasteiger partial charge on any atom is -0.493 e. The molecule has 2 aromatic carbocycles. The highest BCUT2D eigenvalue weighted by Crippen LogP contribution is 2.27. The molecule has 0 saturated carbocycles. The molecule has 0 aliphatic rings. The molecule has 0 amide bonds. The van der Waals surface area contributed by atoms with Crippen molar-refractivity contribution in [3.8, 4) is 5.75 Å². The lowest BCUT2D eigenvalue weighted by Crippen LogP contribution is -2.02. The van der Waals surface area contributed by atoms with Gasteiger partial charge in [0.25, 0.3) is 0 Å². The molecule has 3 heteroatoms. The molecule has 0 saturated heterocycles. The van der Waals surface area contributed by atoms with Gasteiger partial charge in [-0.25, -0.2) is 0 Å². The maximum atomic E-state index is 6.01. The van der Waals surface area contributed by atoms with Crippen LogP contribution in [0.3, 0.4) is 0 Å². The second-order valence-corrected chi connectivity index (χ2v) is 5.08. The number of para-hydroxylation sites is 1. The number of nitrogen functional groups attached to an aromatic ring is 1. The maximum absolute atomic E-state index is 6.01. The lowest BCUT2D eigenvalue weighted by Gasteiger charge is -2.09. The molecule has 1 heterocycles. The smallest absolute Gasteiger partial charge is 0.128 e. The normalized spacial score (nSPS) is 10.9. The molecule has 2 N–H and O–H groups in total. The molecular formula is C18H20N2O. The Hall–Kier alpha value is -2.42. The van der Waals surface area contributed by atoms with E-state index >= 15 is 0 Å². The largest absolute Gasteiger partial charge is 0.493 e. The maximum Gasteiger partial charge on any atom is 0.128 e. The van der Waals surface area contributed by atoms with Crippen LogP contribution in [0.2, 0.25) is 0 Å². The van der Waals surface area contributed by atoms with E-state index in [0.29, 0.717) is 6.61 Å². The zero-order chi connectivity index (χ0) is 14.7. The first-order chi connectivity index (χ1) is 10.3. The summed E-state index contributed by atoms with van der Waals surface area (Å²) in [5.41, 5.74) is 9.27. The Kier molecular flexibility index (Phi) is 3.82. The summed E-state index contributed by atoms with van der Waals surface area (Å²) < 4.78 is 7.94. The molecule has 0 unspecified atom stereocenters. The quantitative estimate of drug-likeness (QED) is 0.721. The summed E-state index contributed by atoms with van der Waals surface area (Å²) in [4.78, 5) is 0. The number of benzene rings is 2. The van der Waals surface area contributed by atoms with Crippen molar-refractivity contribution in [1.29, 1.82) is 0 Å². The Balaban J connectivity index is 1.85. The summed E-state index contributed by atoms with van der Waals surface area (Å²) >= 11 is 0. The highest BCUT2D eigenvalue weighted by atomic mass is 16.5. The molecule has 0 aliphatic carbocycles. The first-order valence-corrected chi connectivity index (χ1v) is 7.33. The van der Waals surface area contributed by atoms with E-state index in [-0.39, 0.29) is 0 Å². The summed E-state index contributed by atoms with van der Waals surface area (Å²) in [5, 5.41) is 1.17. The topological polar surface area (TPSA) is 40.2 Å². The van der Waals surface area contributed by atoms with Crippen molar-refractivity contribution in [2.24, 2.45) is 0 Å². The van der Waals surface area contributed by atoms with E-state index in [4.69, 9.17) is 10.5 Å². The van der Waals surface area contributed by atoms with Crippen LogP contribution < -0.4 is 10.5 Å². The molecule has 0 radical (unpaired) electrons. The van der Waals surface area contributed by atoms with E-state index < -0.39 is 0 Å². The lowest BCUT2D eigenvalue weighted by atomic mass is 10.1. The van der Waals surface area contributed by atoms with Gasteiger partial charge in [-0.3, -0.25) is 0 Å². The van der Waals surface area contributed by atoms with E-state index in [1.807, 2.05) is 37.3 Å². The Morgan fingerprint density at radius 2 is 1.90 bits per heavy atom. The Morgan fingerprint density at radius 1 is 1.05 bits per heavy atom. The zero-order valence-electron chi connectivity index (χ0n) is 12.3. The number of aryl methyl sites for hydroxylation is 2. The third kappa shape index (κ3) is 2.72. The van der Waals surface area contributed by atoms with Gasteiger partial charge in [0.2, 0.25) is 0 Å². The van der Waals surface area contributed by atoms with Crippen molar-refractivity contribution in [2.75, 3.05) is 12.3 Å². The van der Waals surface area contributed by atoms with Gasteiger partial charge in [-0.2, -0.15) is 0 Å². The number of hydrogen-bond acceptors (Lipinski definition) is 2. The van der Waals surface area contributed by atoms with Gasteiger partial charge < -0.3 is 15.0 Å². The van der Waals surface area contributed by atoms with Gasteiger partial charge in [0.15, 0.2) is 0 Å². The van der Waals surface area contributed by atoms with Gasteiger partial charge in [0, 0.05) is 23.8 Å². The standard InChI is InChI=1S/C18H20N2O/c1-2-21-18-9-5-8-17-15(18)11-13-20(17)12-10-14-6-3-4-7-16(14)19/h3-9,11,13H,2,10,12,19H2,1H3. The summed E-state index contributed by atoms with van der Waals surface area (Å²) in [6, 6.07) is 16.4. The number of anilines is 1. The van der Waals surface area contributed by atoms with Gasteiger partial charge in [0.05, 0.1) is 12.1 Å². The molecule has 3 aromatic rings. The van der Waals surface area contributed by atoms with Crippen LogP contribution in [0.1, 0.15) is 12.5 Å². The number of aromatic nitrogens is 1. The Labute approximate surface area is 125 Å². The van der Waals surface area contributed by atoms with Crippen molar-refractivity contribution >= 4 is 16.6 Å². The van der Waals surface area contributed by atoms with Gasteiger partial charge in [-0.1, -0.05) is 24.3 Å². The Bertz CT molecular complexity index is 746. The monoisotopic (exact) mass is 280 g/mol. The average molecular weight is 280 g/mol. The first-order valence-electron chi connectivity index (χ1n) is 7.33. The number of fused-ring (bicyclic) bond motifs is 1. The van der Waals surface area contributed by atoms with Crippen molar-refractivity contribution in [1.82, 2.24) is 4.57 Å². The van der Waals surface area contributed by atoms with Crippen LogP contribution in [0.4, 0.5) is 5.69 Å². The molecule has 0 aliphatic heterocycles. The van der Waals surface area contributed by atoms with Crippen molar-refractivity contribution < 1.29 is 4.74 Å². The number of nitrogens with two attached hydrogens (primary N) is 1. The van der Waals surface area contributed by atoms with Crippen LogP contribution in [-0.4, -0.2) is 11.2 Å². The van der Waals surface area contributed by atoms with Gasteiger partial charge in [-0.15, -0.1) is 0 Å². The van der Waals surface area contributed by atoms with Gasteiger partial charge >= 0.3 is 0 Å². The molecule has 0 bridgehead atoms. The third-order valence-electron chi connectivity index (χ3n) is 3.75. The van der Waals surface area contributed by atoms with Gasteiger partial charge in [0.1, 0.15) is 5.75 Å².